The lowest BCUT2D eigenvalue weighted by Gasteiger charge is -1.98. The van der Waals surface area contributed by atoms with E-state index in [4.69, 9.17) is 9.47 Å². The van der Waals surface area contributed by atoms with Crippen LogP contribution in [0.3, 0.4) is 0 Å². The van der Waals surface area contributed by atoms with Gasteiger partial charge in [-0.25, -0.2) is 10.4 Å². The minimum Gasteiger partial charge on any atom is -0.454 e. The molecule has 8 heteroatoms. The van der Waals surface area contributed by atoms with E-state index in [2.05, 4.69) is 25.7 Å². The minimum absolute atomic E-state index is 0.0539. The number of benzene rings is 2. The van der Waals surface area contributed by atoms with Crippen LogP contribution in [0.1, 0.15) is 11.4 Å². The molecule has 0 unspecified atom stereocenters. The largest absolute Gasteiger partial charge is 0.454 e. The Morgan fingerprint density at radius 1 is 1.19 bits per heavy atom. The normalized spacial score (nSPS) is 12.5. The maximum Gasteiger partial charge on any atom is 0.247 e. The number of nitrogens with one attached hydrogen (secondary N) is 2. The van der Waals surface area contributed by atoms with Crippen molar-refractivity contribution in [2.45, 2.75) is 6.42 Å². The van der Waals surface area contributed by atoms with Crippen molar-refractivity contribution in [1.82, 2.24) is 20.6 Å². The number of carbonyl (C=O) groups is 1. The zero-order valence-corrected chi connectivity index (χ0v) is 13.7. The topological polar surface area (TPSA) is 101 Å². The van der Waals surface area contributed by atoms with Gasteiger partial charge in [0.1, 0.15) is 5.82 Å². The first kappa shape index (κ1) is 15.8. The van der Waals surface area contributed by atoms with Crippen LogP contribution in [0.15, 0.2) is 53.6 Å². The van der Waals surface area contributed by atoms with E-state index < -0.39 is 0 Å². The third-order valence-electron chi connectivity index (χ3n) is 3.69. The number of carbonyl (C=O) groups excluding carboxylic acids is 1. The zero-order valence-electron chi connectivity index (χ0n) is 13.7. The molecular weight excluding hydrogens is 334 g/mol. The highest BCUT2D eigenvalue weighted by Crippen LogP contribution is 2.31. The molecule has 2 aromatic carbocycles. The molecule has 0 atom stereocenters. The Labute approximate surface area is 148 Å². The van der Waals surface area contributed by atoms with Gasteiger partial charge >= 0.3 is 0 Å². The van der Waals surface area contributed by atoms with Crippen LogP contribution in [0.4, 0.5) is 0 Å². The monoisotopic (exact) mass is 349 g/mol. The zero-order chi connectivity index (χ0) is 17.8. The van der Waals surface area contributed by atoms with Gasteiger partial charge in [0, 0.05) is 5.56 Å². The van der Waals surface area contributed by atoms with E-state index in [0.717, 1.165) is 11.1 Å². The SMILES string of the molecule is O=C(Cc1nc(-c2ccccc2)n[nH]1)N/N=C\c1ccc2c(c1)OCO2. The molecule has 0 bridgehead atoms. The molecule has 0 radical (unpaired) electrons. The summed E-state index contributed by atoms with van der Waals surface area (Å²) < 4.78 is 10.5. The van der Waals surface area contributed by atoms with Crippen LogP contribution in [0.2, 0.25) is 0 Å². The first-order chi connectivity index (χ1) is 12.8. The summed E-state index contributed by atoms with van der Waals surface area (Å²) in [6.45, 7) is 0.217. The van der Waals surface area contributed by atoms with Crippen LogP contribution in [-0.2, 0) is 11.2 Å². The molecule has 4 rings (SSSR count). The number of hydrogen-bond donors (Lipinski definition) is 2. The van der Waals surface area contributed by atoms with E-state index in [0.29, 0.717) is 23.1 Å². The number of nitrogens with zero attached hydrogens (tertiary/aromatic N) is 3. The molecule has 130 valence electrons. The van der Waals surface area contributed by atoms with Gasteiger partial charge in [0.15, 0.2) is 17.3 Å². The first-order valence-corrected chi connectivity index (χ1v) is 7.96. The lowest BCUT2D eigenvalue weighted by molar-refractivity contribution is -0.120. The van der Waals surface area contributed by atoms with Crippen molar-refractivity contribution < 1.29 is 14.3 Å². The number of aromatic amines is 1. The second kappa shape index (κ2) is 7.06. The molecule has 2 heterocycles. The van der Waals surface area contributed by atoms with Gasteiger partial charge < -0.3 is 9.47 Å². The summed E-state index contributed by atoms with van der Waals surface area (Å²) in [5, 5.41) is 10.8. The van der Waals surface area contributed by atoms with Crippen LogP contribution in [0, 0.1) is 0 Å². The molecule has 1 aliphatic heterocycles. The molecule has 0 saturated heterocycles. The van der Waals surface area contributed by atoms with Crippen molar-refractivity contribution in [3.8, 4) is 22.9 Å². The van der Waals surface area contributed by atoms with Gasteiger partial charge in [0.25, 0.3) is 0 Å². The van der Waals surface area contributed by atoms with Crippen molar-refractivity contribution in [3.05, 3.63) is 59.9 Å². The second-order valence-corrected chi connectivity index (χ2v) is 5.55. The van der Waals surface area contributed by atoms with Crippen molar-refractivity contribution in [2.24, 2.45) is 5.10 Å². The van der Waals surface area contributed by atoms with Gasteiger partial charge in [-0.15, -0.1) is 0 Å². The average molecular weight is 349 g/mol. The second-order valence-electron chi connectivity index (χ2n) is 5.55. The Balaban J connectivity index is 1.34. The van der Waals surface area contributed by atoms with Crippen molar-refractivity contribution in [1.29, 1.82) is 0 Å². The molecule has 26 heavy (non-hydrogen) atoms. The van der Waals surface area contributed by atoms with Gasteiger partial charge in [-0.05, 0) is 23.8 Å². The fourth-order valence-electron chi connectivity index (χ4n) is 2.45. The fraction of sp³-hybridized carbons (Fsp3) is 0.111. The first-order valence-electron chi connectivity index (χ1n) is 7.96. The van der Waals surface area contributed by atoms with Crippen LogP contribution in [0.5, 0.6) is 11.5 Å². The summed E-state index contributed by atoms with van der Waals surface area (Å²) in [5.41, 5.74) is 4.14. The van der Waals surface area contributed by atoms with Gasteiger partial charge in [-0.2, -0.15) is 10.2 Å². The highest BCUT2D eigenvalue weighted by Gasteiger charge is 2.12. The molecule has 0 aliphatic carbocycles. The van der Waals surface area contributed by atoms with E-state index in [1.54, 1.807) is 12.1 Å². The number of fused-ring (bicyclic) bond motifs is 1. The summed E-state index contributed by atoms with van der Waals surface area (Å²) in [5.74, 6) is 2.09. The molecule has 0 saturated carbocycles. The highest BCUT2D eigenvalue weighted by atomic mass is 16.7. The lowest BCUT2D eigenvalue weighted by Crippen LogP contribution is -2.20. The van der Waals surface area contributed by atoms with E-state index in [1.807, 2.05) is 36.4 Å². The molecule has 3 aromatic rings. The Morgan fingerprint density at radius 2 is 2.04 bits per heavy atom. The van der Waals surface area contributed by atoms with Crippen molar-refractivity contribution in [3.63, 3.8) is 0 Å². The number of hydrogen-bond acceptors (Lipinski definition) is 6. The van der Waals surface area contributed by atoms with Crippen LogP contribution in [-0.4, -0.2) is 34.1 Å². The number of amides is 1. The third kappa shape index (κ3) is 3.54. The van der Waals surface area contributed by atoms with Crippen LogP contribution < -0.4 is 14.9 Å². The molecule has 1 aromatic heterocycles. The molecule has 2 N–H and O–H groups in total. The van der Waals surface area contributed by atoms with Gasteiger partial charge in [0.2, 0.25) is 12.7 Å². The summed E-state index contributed by atoms with van der Waals surface area (Å²) in [6, 6.07) is 15.0. The van der Waals surface area contributed by atoms with Crippen LogP contribution >= 0.6 is 0 Å². The van der Waals surface area contributed by atoms with E-state index in [1.165, 1.54) is 6.21 Å². The number of hydrazone groups is 1. The molecule has 0 spiro atoms. The summed E-state index contributed by atoms with van der Waals surface area (Å²) in [4.78, 5) is 16.3. The maximum atomic E-state index is 12.0. The van der Waals surface area contributed by atoms with Gasteiger partial charge in [-0.3, -0.25) is 9.89 Å². The van der Waals surface area contributed by atoms with Gasteiger partial charge in [0.05, 0.1) is 12.6 Å². The summed E-state index contributed by atoms with van der Waals surface area (Å²) >= 11 is 0. The Morgan fingerprint density at radius 3 is 2.92 bits per heavy atom. The molecule has 1 amide bonds. The quantitative estimate of drug-likeness (QED) is 0.541. The average Bonchev–Trinajstić information content (AvgIpc) is 3.31. The molecule has 8 nitrogen and oxygen atoms in total. The van der Waals surface area contributed by atoms with E-state index in [-0.39, 0.29) is 19.1 Å². The van der Waals surface area contributed by atoms with E-state index in [9.17, 15) is 4.79 Å². The van der Waals surface area contributed by atoms with Crippen LogP contribution in [0.25, 0.3) is 11.4 Å². The number of rotatable bonds is 5. The summed E-state index contributed by atoms with van der Waals surface area (Å²) in [7, 11) is 0. The predicted molar refractivity (Wildman–Crippen MR) is 93.8 cm³/mol. The summed E-state index contributed by atoms with van der Waals surface area (Å²) in [6.07, 6.45) is 1.59. The third-order valence-corrected chi connectivity index (χ3v) is 3.69. The van der Waals surface area contributed by atoms with Gasteiger partial charge in [-0.1, -0.05) is 30.3 Å². The smallest absolute Gasteiger partial charge is 0.247 e. The maximum absolute atomic E-state index is 12.0. The number of aromatic nitrogens is 3. The predicted octanol–water partition coefficient (Wildman–Crippen LogP) is 1.89. The highest BCUT2D eigenvalue weighted by molar-refractivity contribution is 5.83. The Hall–Kier alpha value is -3.68. The Bertz CT molecular complexity index is 952. The lowest BCUT2D eigenvalue weighted by atomic mass is 10.2. The molecule has 0 fully saturated rings. The molecular formula is C18H15N5O3. The van der Waals surface area contributed by atoms with Crippen molar-refractivity contribution in [2.75, 3.05) is 6.79 Å². The van der Waals surface area contributed by atoms with E-state index >= 15 is 0 Å². The molecule has 1 aliphatic rings. The number of H-pyrrole nitrogens is 1. The standard InChI is InChI=1S/C18H15N5O3/c24-17(9-16-20-18(23-21-16)13-4-2-1-3-5-13)22-19-10-12-6-7-14-15(8-12)26-11-25-14/h1-8,10H,9,11H2,(H,22,24)(H,20,21,23)/b19-10-. The number of ether oxygens (including phenoxy) is 2. The van der Waals surface area contributed by atoms with Crippen molar-refractivity contribution >= 4 is 12.1 Å². The minimum atomic E-state index is -0.294. The Kier molecular flexibility index (Phi) is 4.29. The fourth-order valence-corrected chi connectivity index (χ4v) is 2.45.